The average molecular weight is 654 g/mol. The summed E-state index contributed by atoms with van der Waals surface area (Å²) in [7, 11) is 3.34. The minimum Gasteiger partial charge on any atom is -0.351 e. The highest BCUT2D eigenvalue weighted by atomic mass is 16.2. The van der Waals surface area contributed by atoms with E-state index in [1.165, 1.54) is 11.0 Å². The Labute approximate surface area is 287 Å². The zero-order valence-corrected chi connectivity index (χ0v) is 30.0. The molecular weight excluding hydrogens is 598 g/mol. The van der Waals surface area contributed by atoms with Crippen LogP contribution in [-0.4, -0.2) is 76.4 Å². The summed E-state index contributed by atoms with van der Waals surface area (Å²) in [5.74, 6) is -0.791. The third kappa shape index (κ3) is 10.2. The van der Waals surface area contributed by atoms with Crippen LogP contribution in [-0.2, 0) is 27.2 Å². The topological polar surface area (TPSA) is 108 Å². The zero-order chi connectivity index (χ0) is 35.3. The first kappa shape index (κ1) is 36.8. The summed E-state index contributed by atoms with van der Waals surface area (Å²) < 4.78 is 0. The van der Waals surface area contributed by atoms with Crippen molar-refractivity contribution in [2.24, 2.45) is 5.73 Å². The van der Waals surface area contributed by atoms with E-state index < -0.39 is 17.6 Å². The van der Waals surface area contributed by atoms with E-state index in [4.69, 9.17) is 5.73 Å². The van der Waals surface area contributed by atoms with Gasteiger partial charge in [0.25, 0.3) is 0 Å². The molecule has 2 atom stereocenters. The molecule has 1 unspecified atom stereocenters. The molecule has 3 aromatic carbocycles. The molecule has 8 nitrogen and oxygen atoms in total. The Morgan fingerprint density at radius 3 is 2.06 bits per heavy atom. The molecule has 8 heteroatoms. The quantitative estimate of drug-likeness (QED) is 0.228. The Morgan fingerprint density at radius 2 is 1.44 bits per heavy atom. The first-order valence-electron chi connectivity index (χ1n) is 17.0. The maximum atomic E-state index is 14.6. The van der Waals surface area contributed by atoms with Crippen molar-refractivity contribution in [3.63, 3.8) is 0 Å². The predicted molar refractivity (Wildman–Crippen MR) is 195 cm³/mol. The molecule has 258 valence electrons. The lowest BCUT2D eigenvalue weighted by atomic mass is 9.79. The summed E-state index contributed by atoms with van der Waals surface area (Å²) in [5.41, 5.74) is 7.24. The number of rotatable bonds is 12. The van der Waals surface area contributed by atoms with Gasteiger partial charge in [0.05, 0.1) is 0 Å². The summed E-state index contributed by atoms with van der Waals surface area (Å²) in [6, 6.07) is 22.3. The lowest BCUT2D eigenvalue weighted by Crippen LogP contribution is -2.63. The predicted octanol–water partition coefficient (Wildman–Crippen LogP) is 5.39. The number of likely N-dealkylation sites (N-methyl/N-ethyl adjacent to an activating group) is 2. The first-order valence-corrected chi connectivity index (χ1v) is 17.0. The molecule has 48 heavy (non-hydrogen) atoms. The zero-order valence-electron chi connectivity index (χ0n) is 30.0. The monoisotopic (exact) mass is 653 g/mol. The number of benzene rings is 3. The number of hydrogen-bond donors (Lipinski definition) is 3. The van der Waals surface area contributed by atoms with E-state index in [1.54, 1.807) is 25.1 Å². The molecule has 0 spiro atoms. The second-order valence-electron chi connectivity index (χ2n) is 15.6. The van der Waals surface area contributed by atoms with Gasteiger partial charge in [-0.25, -0.2) is 0 Å². The molecule has 1 aliphatic rings. The molecule has 0 aromatic heterocycles. The van der Waals surface area contributed by atoms with Gasteiger partial charge in [-0.15, -0.1) is 0 Å². The molecule has 1 saturated heterocycles. The maximum absolute atomic E-state index is 14.6. The van der Waals surface area contributed by atoms with Crippen LogP contribution in [0.15, 0.2) is 84.9 Å². The number of nitrogens with zero attached hydrogens (tertiary/aromatic N) is 2. The van der Waals surface area contributed by atoms with E-state index in [0.717, 1.165) is 34.7 Å². The van der Waals surface area contributed by atoms with Crippen molar-refractivity contribution in [1.29, 1.82) is 0 Å². The number of hydrogen-bond acceptors (Lipinski definition) is 5. The molecule has 0 radical (unpaired) electrons. The third-order valence-corrected chi connectivity index (χ3v) is 9.17. The Balaban J connectivity index is 1.66. The van der Waals surface area contributed by atoms with Crippen LogP contribution in [0.25, 0.3) is 10.8 Å². The minimum absolute atomic E-state index is 0.0555. The molecule has 4 rings (SSSR count). The van der Waals surface area contributed by atoms with E-state index in [0.29, 0.717) is 19.3 Å². The lowest BCUT2D eigenvalue weighted by Gasteiger charge is -2.47. The van der Waals surface area contributed by atoms with E-state index in [9.17, 15) is 14.4 Å². The van der Waals surface area contributed by atoms with Gasteiger partial charge in [0.15, 0.2) is 0 Å². The van der Waals surface area contributed by atoms with Crippen LogP contribution in [0, 0.1) is 0 Å². The van der Waals surface area contributed by atoms with E-state index in [-0.39, 0.29) is 34.8 Å². The smallest absolute Gasteiger partial charge is 0.246 e. The summed E-state index contributed by atoms with van der Waals surface area (Å²) in [6.45, 7) is 12.4. The fourth-order valence-electron chi connectivity index (χ4n) is 7.07. The van der Waals surface area contributed by atoms with Gasteiger partial charge in [-0.05, 0) is 88.8 Å². The molecule has 0 bridgehead atoms. The normalized spacial score (nSPS) is 17.5. The van der Waals surface area contributed by atoms with Gasteiger partial charge in [-0.2, -0.15) is 0 Å². The highest BCUT2D eigenvalue weighted by Crippen LogP contribution is 2.29. The average Bonchev–Trinajstić information content (AvgIpc) is 2.99. The second kappa shape index (κ2) is 15.0. The van der Waals surface area contributed by atoms with Gasteiger partial charge in [0.1, 0.15) is 12.1 Å². The van der Waals surface area contributed by atoms with Crippen LogP contribution in [0.5, 0.6) is 0 Å². The number of fused-ring (bicyclic) bond motifs is 1. The van der Waals surface area contributed by atoms with Crippen molar-refractivity contribution in [3.8, 4) is 0 Å². The summed E-state index contributed by atoms with van der Waals surface area (Å²) in [6.07, 6.45) is 5.94. The Hall–Kier alpha value is -4.01. The van der Waals surface area contributed by atoms with Crippen molar-refractivity contribution < 1.29 is 14.4 Å². The van der Waals surface area contributed by atoms with Gasteiger partial charge in [0, 0.05) is 49.6 Å². The molecule has 1 heterocycles. The molecular formula is C40H55N5O3. The summed E-state index contributed by atoms with van der Waals surface area (Å²) in [4.78, 5) is 45.4. The van der Waals surface area contributed by atoms with Crippen molar-refractivity contribution in [2.75, 3.05) is 14.1 Å². The van der Waals surface area contributed by atoms with Gasteiger partial charge in [-0.1, -0.05) is 78.9 Å². The highest BCUT2D eigenvalue weighted by molar-refractivity contribution is 5.95. The number of carbonyl (C=O) groups excluding carboxylic acids is 3. The summed E-state index contributed by atoms with van der Waals surface area (Å²) >= 11 is 0. The van der Waals surface area contributed by atoms with Crippen molar-refractivity contribution in [3.05, 3.63) is 96.1 Å². The Kier molecular flexibility index (Phi) is 11.5. The van der Waals surface area contributed by atoms with Gasteiger partial charge in [0.2, 0.25) is 17.7 Å². The van der Waals surface area contributed by atoms with Crippen LogP contribution < -0.4 is 16.4 Å². The van der Waals surface area contributed by atoms with Gasteiger partial charge in [-0.3, -0.25) is 14.4 Å². The number of amides is 3. The lowest BCUT2D eigenvalue weighted by molar-refractivity contribution is -0.146. The SMILES string of the molecule is CN(C(=O)[C@@H](Cc1ccc2ccccc2c1)N(C)C(=O)/C=C/CC(C)(C)N)C(Cc1ccccc1)C(=O)NC1CC(C)(C)NC(C)(C)C1. The molecule has 0 saturated carbocycles. The fourth-order valence-corrected chi connectivity index (χ4v) is 7.07. The van der Waals surface area contributed by atoms with Crippen LogP contribution in [0.3, 0.4) is 0 Å². The standard InChI is InChI=1S/C40H55N5O3/c1-38(2,41)22-14-19-35(46)44(7)34(25-29-20-21-30-17-12-13-18-31(30)23-29)37(48)45(8)33(24-28-15-10-9-11-16-28)36(47)42-32-26-39(3,4)43-40(5,6)27-32/h9-21,23,32-34,43H,22,24-27,41H2,1-8H3,(H,42,47)/b19-14+/t33?,34-/m1/s1. The van der Waals surface area contributed by atoms with Gasteiger partial charge < -0.3 is 26.2 Å². The van der Waals surface area contributed by atoms with E-state index in [2.05, 4.69) is 44.4 Å². The molecule has 0 aliphatic carbocycles. The Bertz CT molecular complexity index is 1590. The van der Waals surface area contributed by atoms with Crippen molar-refractivity contribution in [1.82, 2.24) is 20.4 Å². The molecule has 3 amide bonds. The highest BCUT2D eigenvalue weighted by Gasteiger charge is 2.40. The fraction of sp³-hybridized carbons (Fsp3) is 0.475. The van der Waals surface area contributed by atoms with Crippen molar-refractivity contribution >= 4 is 28.5 Å². The van der Waals surface area contributed by atoms with Crippen LogP contribution in [0.1, 0.15) is 71.9 Å². The number of nitrogens with one attached hydrogen (secondary N) is 2. The van der Waals surface area contributed by atoms with Crippen LogP contribution in [0.4, 0.5) is 0 Å². The first-order chi connectivity index (χ1) is 22.4. The van der Waals surface area contributed by atoms with Crippen LogP contribution >= 0.6 is 0 Å². The van der Waals surface area contributed by atoms with Crippen LogP contribution in [0.2, 0.25) is 0 Å². The number of piperidine rings is 1. The second-order valence-corrected chi connectivity index (χ2v) is 15.6. The number of carbonyl (C=O) groups is 3. The summed E-state index contributed by atoms with van der Waals surface area (Å²) in [5, 5.41) is 9.14. The maximum Gasteiger partial charge on any atom is 0.246 e. The minimum atomic E-state index is -0.845. The van der Waals surface area contributed by atoms with Crippen molar-refractivity contribution in [2.45, 2.75) is 108 Å². The number of nitrogens with two attached hydrogens (primary N) is 1. The van der Waals surface area contributed by atoms with Gasteiger partial charge >= 0.3 is 0 Å². The molecule has 1 aliphatic heterocycles. The largest absolute Gasteiger partial charge is 0.351 e. The molecule has 3 aromatic rings. The third-order valence-electron chi connectivity index (χ3n) is 9.17. The van der Waals surface area contributed by atoms with E-state index in [1.807, 2.05) is 80.6 Å². The Morgan fingerprint density at radius 1 is 0.854 bits per heavy atom. The van der Waals surface area contributed by atoms with E-state index >= 15 is 0 Å². The molecule has 1 fully saturated rings. The molecule has 4 N–H and O–H groups in total.